The highest BCUT2D eigenvalue weighted by atomic mass is 32.2. The molecule has 0 aliphatic carbocycles. The van der Waals surface area contributed by atoms with E-state index < -0.39 is 10.0 Å². The highest BCUT2D eigenvalue weighted by Gasteiger charge is 2.20. The molecule has 0 saturated carbocycles. The van der Waals surface area contributed by atoms with Crippen LogP contribution in [0.1, 0.15) is 27.2 Å². The lowest BCUT2D eigenvalue weighted by atomic mass is 10.0. The Hall–Kier alpha value is -0.730. The van der Waals surface area contributed by atoms with Gasteiger partial charge in [-0.25, -0.2) is 13.6 Å². The maximum absolute atomic E-state index is 10.9. The fraction of sp³-hybridized carbons (Fsp3) is 0.714. The first-order valence-electron chi connectivity index (χ1n) is 4.39. The third kappa shape index (κ3) is 3.40. The minimum absolute atomic E-state index is 0.144. The molecule has 0 bridgehead atoms. The van der Waals surface area contributed by atoms with E-state index in [9.17, 15) is 8.42 Å². The molecule has 3 N–H and O–H groups in total. The van der Waals surface area contributed by atoms with E-state index in [1.165, 1.54) is 0 Å². The molecule has 6 nitrogen and oxygen atoms in total. The average molecular weight is 250 g/mol. The Morgan fingerprint density at radius 2 is 2.07 bits per heavy atom. The number of aromatic nitrogens is 2. The standard InChI is InChI=1S/C7H14N4O2S2/c1-4-7(2,3)9-5-10-11-6(14-5)15(8,12)13/h4H2,1-3H3,(H,9,10)(H2,8,12,13). The van der Waals surface area contributed by atoms with Crippen molar-refractivity contribution in [2.45, 2.75) is 37.1 Å². The Morgan fingerprint density at radius 1 is 1.47 bits per heavy atom. The Kier molecular flexibility index (Phi) is 3.31. The molecule has 0 atom stereocenters. The predicted octanol–water partition coefficient (Wildman–Crippen LogP) is 0.786. The van der Waals surface area contributed by atoms with E-state index in [1.807, 2.05) is 20.8 Å². The first-order chi connectivity index (χ1) is 6.74. The Labute approximate surface area is 93.0 Å². The van der Waals surface area contributed by atoms with Gasteiger partial charge < -0.3 is 5.32 Å². The van der Waals surface area contributed by atoms with E-state index >= 15 is 0 Å². The number of nitrogens with zero attached hydrogens (tertiary/aromatic N) is 2. The van der Waals surface area contributed by atoms with Crippen LogP contribution in [-0.2, 0) is 10.0 Å². The van der Waals surface area contributed by atoms with Gasteiger partial charge in [-0.05, 0) is 20.3 Å². The summed E-state index contributed by atoms with van der Waals surface area (Å²) in [7, 11) is -3.74. The van der Waals surface area contributed by atoms with E-state index in [0.717, 1.165) is 17.8 Å². The van der Waals surface area contributed by atoms with Gasteiger partial charge in [0.2, 0.25) is 9.47 Å². The smallest absolute Gasteiger partial charge is 0.267 e. The van der Waals surface area contributed by atoms with Crippen LogP contribution in [0.3, 0.4) is 0 Å². The van der Waals surface area contributed by atoms with Crippen molar-refractivity contribution in [3.05, 3.63) is 0 Å². The molecule has 0 radical (unpaired) electrons. The van der Waals surface area contributed by atoms with Crippen LogP contribution in [-0.4, -0.2) is 24.2 Å². The number of nitrogens with one attached hydrogen (secondary N) is 1. The largest absolute Gasteiger partial charge is 0.355 e. The molecular weight excluding hydrogens is 236 g/mol. The normalized spacial score (nSPS) is 12.8. The highest BCUT2D eigenvalue weighted by Crippen LogP contribution is 2.23. The molecule has 0 aromatic carbocycles. The number of rotatable bonds is 4. The number of hydrogen-bond acceptors (Lipinski definition) is 6. The minimum atomic E-state index is -3.74. The first-order valence-corrected chi connectivity index (χ1v) is 6.75. The molecule has 1 heterocycles. The number of hydrogen-bond donors (Lipinski definition) is 2. The second-order valence-corrected chi connectivity index (χ2v) is 6.49. The van der Waals surface area contributed by atoms with Crippen LogP contribution in [0.5, 0.6) is 0 Å². The lowest BCUT2D eigenvalue weighted by Crippen LogP contribution is -2.29. The van der Waals surface area contributed by atoms with Crippen molar-refractivity contribution in [2.75, 3.05) is 5.32 Å². The van der Waals surface area contributed by atoms with Crippen LogP contribution in [0.25, 0.3) is 0 Å². The minimum Gasteiger partial charge on any atom is -0.355 e. The summed E-state index contributed by atoms with van der Waals surface area (Å²) in [5.74, 6) is 0. The second-order valence-electron chi connectivity index (χ2n) is 3.78. The molecule has 0 fully saturated rings. The van der Waals surface area contributed by atoms with Gasteiger partial charge in [-0.1, -0.05) is 18.3 Å². The SMILES string of the molecule is CCC(C)(C)Nc1nnc(S(N)(=O)=O)s1. The van der Waals surface area contributed by atoms with Gasteiger partial charge in [-0.2, -0.15) is 0 Å². The van der Waals surface area contributed by atoms with Gasteiger partial charge in [0.15, 0.2) is 0 Å². The Balaban J connectivity index is 2.87. The number of nitrogens with two attached hydrogens (primary N) is 1. The molecule has 0 aliphatic rings. The van der Waals surface area contributed by atoms with Crippen molar-refractivity contribution in [1.29, 1.82) is 0 Å². The third-order valence-corrected chi connectivity index (χ3v) is 4.13. The van der Waals surface area contributed by atoms with E-state index in [4.69, 9.17) is 5.14 Å². The molecule has 0 aliphatic heterocycles. The summed E-state index contributed by atoms with van der Waals surface area (Å²) in [4.78, 5) is 0. The van der Waals surface area contributed by atoms with Crippen molar-refractivity contribution in [3.63, 3.8) is 0 Å². The summed E-state index contributed by atoms with van der Waals surface area (Å²) in [6, 6.07) is 0. The predicted molar refractivity (Wildman–Crippen MR) is 59.3 cm³/mol. The summed E-state index contributed by atoms with van der Waals surface area (Å²) in [5.41, 5.74) is -0.144. The van der Waals surface area contributed by atoms with Gasteiger partial charge in [0.05, 0.1) is 0 Å². The molecule has 0 unspecified atom stereocenters. The molecule has 86 valence electrons. The number of sulfonamides is 1. The lowest BCUT2D eigenvalue weighted by Gasteiger charge is -2.23. The van der Waals surface area contributed by atoms with E-state index in [0.29, 0.717) is 5.13 Å². The zero-order valence-corrected chi connectivity index (χ0v) is 10.4. The number of primary sulfonamides is 1. The van der Waals surface area contributed by atoms with E-state index in [-0.39, 0.29) is 9.88 Å². The van der Waals surface area contributed by atoms with Gasteiger partial charge >= 0.3 is 0 Å². The van der Waals surface area contributed by atoms with Crippen molar-refractivity contribution >= 4 is 26.5 Å². The summed E-state index contributed by atoms with van der Waals surface area (Å²) in [5, 5.41) is 15.7. The number of anilines is 1. The maximum Gasteiger partial charge on any atom is 0.267 e. The molecule has 1 aromatic rings. The quantitative estimate of drug-likeness (QED) is 0.823. The molecule has 1 aromatic heterocycles. The van der Waals surface area contributed by atoms with Crippen LogP contribution >= 0.6 is 11.3 Å². The summed E-state index contributed by atoms with van der Waals surface area (Å²) in [6.07, 6.45) is 0.886. The van der Waals surface area contributed by atoms with Crippen molar-refractivity contribution in [2.24, 2.45) is 5.14 Å². The Morgan fingerprint density at radius 3 is 2.47 bits per heavy atom. The average Bonchev–Trinajstić information content (AvgIpc) is 2.51. The molecule has 1 rings (SSSR count). The topological polar surface area (TPSA) is 98.0 Å². The molecule has 15 heavy (non-hydrogen) atoms. The third-order valence-electron chi connectivity index (χ3n) is 1.98. The monoisotopic (exact) mass is 250 g/mol. The van der Waals surface area contributed by atoms with Crippen LogP contribution < -0.4 is 10.5 Å². The fourth-order valence-corrected chi connectivity index (χ4v) is 2.27. The van der Waals surface area contributed by atoms with Gasteiger partial charge in [0.1, 0.15) is 0 Å². The van der Waals surface area contributed by atoms with Crippen LogP contribution in [0.4, 0.5) is 5.13 Å². The van der Waals surface area contributed by atoms with Crippen molar-refractivity contribution in [3.8, 4) is 0 Å². The van der Waals surface area contributed by atoms with Crippen molar-refractivity contribution in [1.82, 2.24) is 10.2 Å². The van der Waals surface area contributed by atoms with E-state index in [1.54, 1.807) is 0 Å². The maximum atomic E-state index is 10.9. The summed E-state index contributed by atoms with van der Waals surface area (Å²) < 4.78 is 21.7. The van der Waals surface area contributed by atoms with Gasteiger partial charge in [0, 0.05) is 5.54 Å². The molecular formula is C7H14N4O2S2. The zero-order valence-electron chi connectivity index (χ0n) is 8.81. The summed E-state index contributed by atoms with van der Waals surface area (Å²) in [6.45, 7) is 6.00. The van der Waals surface area contributed by atoms with Gasteiger partial charge in [-0.3, -0.25) is 0 Å². The van der Waals surface area contributed by atoms with Gasteiger partial charge in [-0.15, -0.1) is 10.2 Å². The molecule has 0 spiro atoms. The van der Waals surface area contributed by atoms with Crippen LogP contribution in [0.2, 0.25) is 0 Å². The van der Waals surface area contributed by atoms with Crippen LogP contribution in [0.15, 0.2) is 4.34 Å². The zero-order chi connectivity index (χ0) is 11.7. The van der Waals surface area contributed by atoms with Gasteiger partial charge in [0.25, 0.3) is 10.0 Å². The molecule has 8 heteroatoms. The summed E-state index contributed by atoms with van der Waals surface area (Å²) >= 11 is 0.936. The fourth-order valence-electron chi connectivity index (χ4n) is 0.753. The Bertz CT molecular complexity index is 438. The molecule has 0 amide bonds. The van der Waals surface area contributed by atoms with E-state index in [2.05, 4.69) is 15.5 Å². The lowest BCUT2D eigenvalue weighted by molar-refractivity contribution is 0.546. The second kappa shape index (κ2) is 4.03. The molecule has 0 saturated heterocycles. The van der Waals surface area contributed by atoms with Crippen LogP contribution in [0, 0.1) is 0 Å². The first kappa shape index (κ1) is 12.3. The van der Waals surface area contributed by atoms with Crippen molar-refractivity contribution < 1.29 is 8.42 Å². The highest BCUT2D eigenvalue weighted by molar-refractivity contribution is 7.91.